The fourth-order valence-electron chi connectivity index (χ4n) is 6.31. The van der Waals surface area contributed by atoms with E-state index in [-0.39, 0.29) is 41.5 Å². The smallest absolute Gasteiger partial charge is 0.384 e. The number of nitrogens with one attached hydrogen (secondary N) is 4. The maximum Gasteiger partial charge on any atom is 0.416 e. The summed E-state index contributed by atoms with van der Waals surface area (Å²) >= 11 is 0. The second kappa shape index (κ2) is 14.6. The summed E-state index contributed by atoms with van der Waals surface area (Å²) in [4.78, 5) is 29.4. The fraction of sp³-hybridized carbons (Fsp3) is 0.500. The Kier molecular flexibility index (Phi) is 10.9. The molecular formula is C32H42F3N7O2. The molecule has 1 aliphatic carbocycles. The predicted molar refractivity (Wildman–Crippen MR) is 163 cm³/mol. The molecule has 1 saturated heterocycles. The van der Waals surface area contributed by atoms with Gasteiger partial charge in [-0.3, -0.25) is 20.4 Å². The first kappa shape index (κ1) is 32.8. The molecule has 2 atom stereocenters. The molecule has 1 aliphatic heterocycles. The van der Waals surface area contributed by atoms with Crippen LogP contribution < -0.4 is 22.1 Å². The third-order valence-electron chi connectivity index (χ3n) is 8.88. The maximum atomic E-state index is 14.1. The largest absolute Gasteiger partial charge is 0.416 e. The molecule has 4 rings (SSSR count). The van der Waals surface area contributed by atoms with E-state index in [1.165, 1.54) is 18.2 Å². The van der Waals surface area contributed by atoms with Gasteiger partial charge in [-0.15, -0.1) is 0 Å². The molecule has 0 radical (unpaired) electrons. The van der Waals surface area contributed by atoms with Gasteiger partial charge >= 0.3 is 6.18 Å². The van der Waals surface area contributed by atoms with E-state index in [0.29, 0.717) is 30.8 Å². The summed E-state index contributed by atoms with van der Waals surface area (Å²) in [6, 6.07) is 10.7. The van der Waals surface area contributed by atoms with Crippen molar-refractivity contribution >= 4 is 23.6 Å². The highest BCUT2D eigenvalue weighted by Gasteiger charge is 2.39. The lowest BCUT2D eigenvalue weighted by Gasteiger charge is -2.34. The molecule has 2 aliphatic rings. The van der Waals surface area contributed by atoms with Crippen molar-refractivity contribution in [3.05, 3.63) is 70.8 Å². The summed E-state index contributed by atoms with van der Waals surface area (Å²) in [5, 5.41) is 21.1. The lowest BCUT2D eigenvalue weighted by molar-refractivity contribution is -0.139. The molecule has 0 bridgehead atoms. The molecule has 1 saturated carbocycles. The zero-order valence-electron chi connectivity index (χ0n) is 24.8. The van der Waals surface area contributed by atoms with Gasteiger partial charge in [0.05, 0.1) is 11.5 Å². The summed E-state index contributed by atoms with van der Waals surface area (Å²) < 4.78 is 42.4. The Morgan fingerprint density at radius 2 is 1.55 bits per heavy atom. The standard InChI is InChI=1S/C32H42F3N7O2/c33-32(34,35)26-9-5-4-8-24(26)25(18-20-10-12-23(13-11-20)28(36)37)29(43)41-27(22-6-2-1-3-7-22)30(44)40-19-21-14-16-42(17-15-21)31(38)39/h4-5,8-13,21-22,25,27H,1-3,6-7,14-19H2,(H3,36,37)(H3,38,39)(H,40,44)(H,41,43)/t25?,27-/m0/s1. The molecule has 1 heterocycles. The van der Waals surface area contributed by atoms with Crippen LogP contribution in [0.15, 0.2) is 48.5 Å². The lowest BCUT2D eigenvalue weighted by atomic mass is 9.82. The maximum absolute atomic E-state index is 14.1. The first-order valence-electron chi connectivity index (χ1n) is 15.2. The van der Waals surface area contributed by atoms with Gasteiger partial charge in [-0.1, -0.05) is 61.7 Å². The summed E-state index contributed by atoms with van der Waals surface area (Å²) in [6.07, 6.45) is 1.16. The second-order valence-corrected chi connectivity index (χ2v) is 11.9. The molecule has 2 aromatic carbocycles. The number of guanidine groups is 1. The number of piperidine rings is 1. The summed E-state index contributed by atoms with van der Waals surface area (Å²) in [5.41, 5.74) is 11.2. The molecule has 44 heavy (non-hydrogen) atoms. The number of hydrogen-bond acceptors (Lipinski definition) is 4. The van der Waals surface area contributed by atoms with Crippen molar-refractivity contribution in [1.29, 1.82) is 10.8 Å². The number of amides is 2. The normalized spacial score (nSPS) is 17.8. The van der Waals surface area contributed by atoms with Gasteiger partial charge in [0, 0.05) is 25.2 Å². The Labute approximate surface area is 256 Å². The molecule has 238 valence electrons. The number of nitrogen functional groups attached to an aromatic ring is 1. The van der Waals surface area contributed by atoms with Crippen molar-refractivity contribution in [2.45, 2.75) is 69.5 Å². The number of alkyl halides is 3. The quantitative estimate of drug-likeness (QED) is 0.175. The van der Waals surface area contributed by atoms with Crippen LogP contribution in [0.2, 0.25) is 0 Å². The molecule has 9 nitrogen and oxygen atoms in total. The lowest BCUT2D eigenvalue weighted by Crippen LogP contribution is -2.53. The van der Waals surface area contributed by atoms with Crippen LogP contribution in [0.25, 0.3) is 0 Å². The zero-order valence-corrected chi connectivity index (χ0v) is 24.8. The van der Waals surface area contributed by atoms with Crippen molar-refractivity contribution in [2.24, 2.45) is 23.3 Å². The van der Waals surface area contributed by atoms with E-state index < -0.39 is 29.6 Å². The van der Waals surface area contributed by atoms with E-state index in [0.717, 1.165) is 51.0 Å². The van der Waals surface area contributed by atoms with Gasteiger partial charge in [0.1, 0.15) is 11.9 Å². The molecule has 1 unspecified atom stereocenters. The number of carbonyl (C=O) groups is 2. The third kappa shape index (κ3) is 8.51. The van der Waals surface area contributed by atoms with Gasteiger partial charge in [0.25, 0.3) is 0 Å². The van der Waals surface area contributed by atoms with Crippen LogP contribution in [0.5, 0.6) is 0 Å². The number of amidine groups is 1. The van der Waals surface area contributed by atoms with Crippen LogP contribution in [0.4, 0.5) is 13.2 Å². The van der Waals surface area contributed by atoms with Crippen LogP contribution in [0.3, 0.4) is 0 Å². The van der Waals surface area contributed by atoms with Gasteiger partial charge in [0.2, 0.25) is 11.8 Å². The van der Waals surface area contributed by atoms with E-state index in [9.17, 15) is 22.8 Å². The van der Waals surface area contributed by atoms with E-state index in [4.69, 9.17) is 22.3 Å². The van der Waals surface area contributed by atoms with Gasteiger partial charge < -0.3 is 27.0 Å². The minimum atomic E-state index is -4.67. The van der Waals surface area contributed by atoms with E-state index in [1.807, 2.05) is 0 Å². The molecule has 2 aromatic rings. The Hall–Kier alpha value is -4.09. The number of benzene rings is 2. The average Bonchev–Trinajstić information content (AvgIpc) is 3.01. The van der Waals surface area contributed by atoms with Gasteiger partial charge in [-0.05, 0) is 61.1 Å². The SMILES string of the molecule is N=C(N)c1ccc(CC(C(=O)N[C@H](C(=O)NCC2CCN(C(=N)N)CC2)C2CCCCC2)c2ccccc2C(F)(F)F)cc1. The van der Waals surface area contributed by atoms with Gasteiger partial charge in [0.15, 0.2) is 5.96 Å². The van der Waals surface area contributed by atoms with Crippen LogP contribution >= 0.6 is 0 Å². The van der Waals surface area contributed by atoms with E-state index >= 15 is 0 Å². The highest BCUT2D eigenvalue weighted by Crippen LogP contribution is 2.37. The zero-order chi connectivity index (χ0) is 31.9. The minimum Gasteiger partial charge on any atom is -0.384 e. The first-order chi connectivity index (χ1) is 20.9. The number of carbonyl (C=O) groups excluding carboxylic acids is 2. The van der Waals surface area contributed by atoms with E-state index in [1.54, 1.807) is 29.2 Å². The summed E-state index contributed by atoms with van der Waals surface area (Å²) in [5.74, 6) is -2.22. The van der Waals surface area contributed by atoms with Crippen molar-refractivity contribution in [2.75, 3.05) is 19.6 Å². The number of nitrogens with two attached hydrogens (primary N) is 2. The van der Waals surface area contributed by atoms with Gasteiger partial charge in [-0.2, -0.15) is 13.2 Å². The van der Waals surface area contributed by atoms with Crippen LogP contribution in [0, 0.1) is 22.7 Å². The number of halogens is 3. The summed E-state index contributed by atoms with van der Waals surface area (Å²) in [7, 11) is 0. The fourth-order valence-corrected chi connectivity index (χ4v) is 6.31. The summed E-state index contributed by atoms with van der Waals surface area (Å²) in [6.45, 7) is 1.67. The Balaban J connectivity index is 1.57. The Morgan fingerprint density at radius 1 is 0.909 bits per heavy atom. The van der Waals surface area contributed by atoms with E-state index in [2.05, 4.69) is 10.6 Å². The van der Waals surface area contributed by atoms with Crippen molar-refractivity contribution in [3.8, 4) is 0 Å². The Morgan fingerprint density at radius 3 is 2.14 bits per heavy atom. The van der Waals surface area contributed by atoms with Crippen LogP contribution in [0.1, 0.15) is 73.1 Å². The topological polar surface area (TPSA) is 161 Å². The third-order valence-corrected chi connectivity index (χ3v) is 8.88. The van der Waals surface area contributed by atoms with Crippen molar-refractivity contribution in [1.82, 2.24) is 15.5 Å². The highest BCUT2D eigenvalue weighted by atomic mass is 19.4. The number of likely N-dealkylation sites (tertiary alicyclic amines) is 1. The Bertz CT molecular complexity index is 1320. The van der Waals surface area contributed by atoms with Crippen LogP contribution in [-0.4, -0.2) is 54.2 Å². The molecule has 2 amide bonds. The minimum absolute atomic E-state index is 0.0315. The van der Waals surface area contributed by atoms with Crippen molar-refractivity contribution in [3.63, 3.8) is 0 Å². The van der Waals surface area contributed by atoms with Gasteiger partial charge in [-0.25, -0.2) is 0 Å². The highest BCUT2D eigenvalue weighted by molar-refractivity contribution is 5.95. The molecule has 2 fully saturated rings. The number of nitrogens with zero attached hydrogens (tertiary/aromatic N) is 1. The average molecular weight is 614 g/mol. The molecule has 0 aromatic heterocycles. The molecule has 0 spiro atoms. The predicted octanol–water partition coefficient (Wildman–Crippen LogP) is 4.10. The number of hydrogen-bond donors (Lipinski definition) is 6. The van der Waals surface area contributed by atoms with Crippen molar-refractivity contribution < 1.29 is 22.8 Å². The monoisotopic (exact) mass is 613 g/mol. The molecular weight excluding hydrogens is 571 g/mol. The second-order valence-electron chi connectivity index (χ2n) is 11.9. The van der Waals surface area contributed by atoms with Crippen LogP contribution in [-0.2, 0) is 22.2 Å². The first-order valence-corrected chi connectivity index (χ1v) is 15.2. The molecule has 12 heteroatoms. The number of rotatable bonds is 10. The molecule has 8 N–H and O–H groups in total.